The van der Waals surface area contributed by atoms with Gasteiger partial charge in [-0.05, 0) is 56.3 Å². The van der Waals surface area contributed by atoms with Crippen LogP contribution in [0.25, 0.3) is 5.82 Å². The van der Waals surface area contributed by atoms with Crippen LogP contribution in [0.3, 0.4) is 0 Å². The number of hydrogen-bond donors (Lipinski definition) is 2. The zero-order valence-corrected chi connectivity index (χ0v) is 16.0. The van der Waals surface area contributed by atoms with Gasteiger partial charge in [0, 0.05) is 23.5 Å². The number of nitrogens with zero attached hydrogens (tertiary/aromatic N) is 2. The molecule has 0 fully saturated rings. The average Bonchev–Trinajstić information content (AvgIpc) is 3.03. The van der Waals surface area contributed by atoms with Crippen LogP contribution in [0.1, 0.15) is 29.7 Å². The molecule has 2 aromatic heterocycles. The summed E-state index contributed by atoms with van der Waals surface area (Å²) in [5.41, 5.74) is 3.38. The number of H-pyrrole nitrogens is 1. The van der Waals surface area contributed by atoms with Gasteiger partial charge in [0.25, 0.3) is 5.56 Å². The van der Waals surface area contributed by atoms with Gasteiger partial charge >= 0.3 is 0 Å². The van der Waals surface area contributed by atoms with Crippen LogP contribution in [0, 0.1) is 0 Å². The molecule has 1 unspecified atom stereocenters. The molecule has 0 saturated carbocycles. The quantitative estimate of drug-likeness (QED) is 0.642. The number of halogens is 1. The highest BCUT2D eigenvalue weighted by molar-refractivity contribution is 5.85. The van der Waals surface area contributed by atoms with Crippen LogP contribution in [0.5, 0.6) is 0 Å². The number of nitrogens with one attached hydrogen (secondary N) is 2. The first kappa shape index (κ1) is 19.4. The van der Waals surface area contributed by atoms with Crippen LogP contribution in [-0.4, -0.2) is 27.4 Å². The molecular formula is C21H25ClN4O. The standard InChI is InChI=1S/C21H24N4O.ClH/c26-21-18-15-17(22-14-6-9-16-7-2-1-3-8-16)11-12-19(18)24-25(21)20-10-4-5-13-23-20;/h1-5,7-8,10,13,17,22,24H,6,9,11-12,14-15H2;1H. The molecule has 1 aliphatic carbocycles. The van der Waals surface area contributed by atoms with Crippen molar-refractivity contribution in [3.63, 3.8) is 0 Å². The van der Waals surface area contributed by atoms with Crippen LogP contribution in [0.15, 0.2) is 59.5 Å². The van der Waals surface area contributed by atoms with Crippen molar-refractivity contribution in [3.05, 3.63) is 81.9 Å². The molecule has 3 aromatic rings. The Morgan fingerprint density at radius 1 is 1.15 bits per heavy atom. The summed E-state index contributed by atoms with van der Waals surface area (Å²) < 4.78 is 1.57. The van der Waals surface area contributed by atoms with Crippen molar-refractivity contribution in [2.24, 2.45) is 0 Å². The summed E-state index contributed by atoms with van der Waals surface area (Å²) >= 11 is 0. The van der Waals surface area contributed by atoms with Crippen LogP contribution < -0.4 is 10.9 Å². The summed E-state index contributed by atoms with van der Waals surface area (Å²) in [4.78, 5) is 17.0. The Bertz CT molecular complexity index is 905. The maximum absolute atomic E-state index is 12.7. The summed E-state index contributed by atoms with van der Waals surface area (Å²) in [7, 11) is 0. The summed E-state index contributed by atoms with van der Waals surface area (Å²) in [6, 6.07) is 16.5. The first-order valence-electron chi connectivity index (χ1n) is 9.33. The Morgan fingerprint density at radius 2 is 1.96 bits per heavy atom. The van der Waals surface area contributed by atoms with Crippen molar-refractivity contribution in [3.8, 4) is 5.82 Å². The molecule has 2 heterocycles. The van der Waals surface area contributed by atoms with E-state index in [-0.39, 0.29) is 18.0 Å². The predicted octanol–water partition coefficient (Wildman–Crippen LogP) is 3.06. The smallest absolute Gasteiger partial charge is 0.276 e. The molecule has 1 atom stereocenters. The van der Waals surface area contributed by atoms with Gasteiger partial charge in [-0.25, -0.2) is 9.67 Å². The summed E-state index contributed by atoms with van der Waals surface area (Å²) in [6.07, 6.45) is 6.65. The molecule has 0 radical (unpaired) electrons. The van der Waals surface area contributed by atoms with Crippen LogP contribution in [0.2, 0.25) is 0 Å². The molecule has 142 valence electrons. The molecule has 0 amide bonds. The first-order chi connectivity index (χ1) is 12.8. The van der Waals surface area contributed by atoms with Crippen molar-refractivity contribution in [2.45, 2.75) is 38.1 Å². The molecular weight excluding hydrogens is 360 g/mol. The van der Waals surface area contributed by atoms with Gasteiger partial charge in [0.15, 0.2) is 5.82 Å². The van der Waals surface area contributed by atoms with Crippen molar-refractivity contribution in [1.82, 2.24) is 20.1 Å². The summed E-state index contributed by atoms with van der Waals surface area (Å²) in [5, 5.41) is 6.87. The number of aromatic amines is 1. The normalized spacial score (nSPS) is 15.8. The third-order valence-corrected chi connectivity index (χ3v) is 5.06. The van der Waals surface area contributed by atoms with Gasteiger partial charge in [-0.3, -0.25) is 9.89 Å². The lowest BCUT2D eigenvalue weighted by Crippen LogP contribution is -2.36. The molecule has 2 N–H and O–H groups in total. The average molecular weight is 385 g/mol. The predicted molar refractivity (Wildman–Crippen MR) is 110 cm³/mol. The van der Waals surface area contributed by atoms with Gasteiger partial charge in [0.05, 0.1) is 0 Å². The second-order valence-corrected chi connectivity index (χ2v) is 6.88. The highest BCUT2D eigenvalue weighted by Crippen LogP contribution is 2.18. The maximum Gasteiger partial charge on any atom is 0.276 e. The van der Waals surface area contributed by atoms with E-state index in [2.05, 4.69) is 45.7 Å². The lowest BCUT2D eigenvalue weighted by molar-refractivity contribution is 0.451. The SMILES string of the molecule is Cl.O=c1c2c([nH]n1-c1ccccn1)CCC(NCCCc1ccccc1)C2. The number of rotatable bonds is 6. The monoisotopic (exact) mass is 384 g/mol. The second-order valence-electron chi connectivity index (χ2n) is 6.88. The van der Waals surface area contributed by atoms with Crippen molar-refractivity contribution in [2.75, 3.05) is 6.54 Å². The van der Waals surface area contributed by atoms with Gasteiger partial charge in [-0.1, -0.05) is 36.4 Å². The molecule has 0 saturated heterocycles. The summed E-state index contributed by atoms with van der Waals surface area (Å²) in [6.45, 7) is 0.980. The van der Waals surface area contributed by atoms with E-state index in [0.717, 1.165) is 49.9 Å². The number of benzene rings is 1. The van der Waals surface area contributed by atoms with Crippen molar-refractivity contribution < 1.29 is 0 Å². The van der Waals surface area contributed by atoms with E-state index in [9.17, 15) is 4.79 Å². The molecule has 1 aromatic carbocycles. The topological polar surface area (TPSA) is 62.7 Å². The highest BCUT2D eigenvalue weighted by atomic mass is 35.5. The largest absolute Gasteiger partial charge is 0.314 e. The molecule has 27 heavy (non-hydrogen) atoms. The second kappa shape index (κ2) is 9.02. The molecule has 5 nitrogen and oxygen atoms in total. The Kier molecular flexibility index (Phi) is 6.48. The molecule has 1 aliphatic rings. The van der Waals surface area contributed by atoms with E-state index in [0.29, 0.717) is 11.9 Å². The lowest BCUT2D eigenvalue weighted by atomic mass is 9.93. The van der Waals surface area contributed by atoms with Gasteiger partial charge in [0.2, 0.25) is 0 Å². The zero-order chi connectivity index (χ0) is 17.8. The van der Waals surface area contributed by atoms with Crippen molar-refractivity contribution >= 4 is 12.4 Å². The number of fused-ring (bicyclic) bond motifs is 1. The van der Waals surface area contributed by atoms with Gasteiger partial charge in [-0.15, -0.1) is 12.4 Å². The van der Waals surface area contributed by atoms with E-state index in [4.69, 9.17) is 0 Å². The number of pyridine rings is 1. The third kappa shape index (κ3) is 4.49. The Hall–Kier alpha value is -2.37. The minimum atomic E-state index is 0. The van der Waals surface area contributed by atoms with Gasteiger partial charge < -0.3 is 5.32 Å². The van der Waals surface area contributed by atoms with E-state index < -0.39 is 0 Å². The fraction of sp³-hybridized carbons (Fsp3) is 0.333. The van der Waals surface area contributed by atoms with Gasteiger partial charge in [0.1, 0.15) is 0 Å². The molecule has 6 heteroatoms. The number of hydrogen-bond acceptors (Lipinski definition) is 3. The van der Waals surface area contributed by atoms with Gasteiger partial charge in [-0.2, -0.15) is 0 Å². The Morgan fingerprint density at radius 3 is 2.74 bits per heavy atom. The maximum atomic E-state index is 12.7. The van der Waals surface area contributed by atoms with E-state index in [1.54, 1.807) is 10.9 Å². The number of aryl methyl sites for hydroxylation is 2. The first-order valence-corrected chi connectivity index (χ1v) is 9.33. The van der Waals surface area contributed by atoms with Crippen LogP contribution >= 0.6 is 12.4 Å². The van der Waals surface area contributed by atoms with Crippen molar-refractivity contribution in [1.29, 1.82) is 0 Å². The molecule has 0 bridgehead atoms. The Balaban J connectivity index is 0.00000210. The fourth-order valence-corrected chi connectivity index (χ4v) is 3.67. The number of aromatic nitrogens is 3. The molecule has 4 rings (SSSR count). The summed E-state index contributed by atoms with van der Waals surface area (Å²) in [5.74, 6) is 0.652. The van der Waals surface area contributed by atoms with E-state index in [1.165, 1.54) is 5.56 Å². The van der Waals surface area contributed by atoms with E-state index in [1.807, 2.05) is 18.2 Å². The fourth-order valence-electron chi connectivity index (χ4n) is 3.67. The van der Waals surface area contributed by atoms with Crippen LogP contribution in [0.4, 0.5) is 0 Å². The zero-order valence-electron chi connectivity index (χ0n) is 15.2. The van der Waals surface area contributed by atoms with Crippen LogP contribution in [-0.2, 0) is 19.3 Å². The third-order valence-electron chi connectivity index (χ3n) is 5.06. The highest BCUT2D eigenvalue weighted by Gasteiger charge is 2.24. The molecule has 0 spiro atoms. The minimum absolute atomic E-state index is 0. The lowest BCUT2D eigenvalue weighted by Gasteiger charge is -2.22. The Labute approximate surface area is 165 Å². The van der Waals surface area contributed by atoms with E-state index >= 15 is 0 Å². The molecule has 0 aliphatic heterocycles. The minimum Gasteiger partial charge on any atom is -0.314 e.